The molecule has 0 bridgehead atoms. The van der Waals surface area contributed by atoms with Crippen LogP contribution < -0.4 is 15.2 Å². The van der Waals surface area contributed by atoms with Gasteiger partial charge in [-0.25, -0.2) is 4.57 Å². The third-order valence-electron chi connectivity index (χ3n) is 9.27. The van der Waals surface area contributed by atoms with Gasteiger partial charge in [0, 0.05) is 35.6 Å². The van der Waals surface area contributed by atoms with Crippen LogP contribution in [0.4, 0.5) is 0 Å². The van der Waals surface area contributed by atoms with Gasteiger partial charge in [-0.3, -0.25) is 19.0 Å². The molecule has 296 valence electrons. The standard InChI is InChI=1S/C36H45ClN3O6P.C6H15N/c37-31-21-13-15-23-34(31)46-47(43,44)45-25-17-8-6-4-2-1-3-5-7-16-24-38-36(42)33(40-35(41)28-18-10-9-11-19-28)26-29-27-39-32-22-14-12-20-30(29)32;1-4-7(5-2)6-3/h9-15,18-23,27,33,39H,1-8,16-17,24-26H2,(H,38,42)(H,40,41)(H,43,44);4-6H2,1-3H3/t33-;/m1./s1. The van der Waals surface area contributed by atoms with E-state index < -0.39 is 13.9 Å². The van der Waals surface area contributed by atoms with Crippen LogP contribution in [0.25, 0.3) is 10.9 Å². The first-order valence-electron chi connectivity index (χ1n) is 19.5. The summed E-state index contributed by atoms with van der Waals surface area (Å²) in [5.41, 5.74) is 2.50. The number of halogens is 1. The van der Waals surface area contributed by atoms with E-state index in [-0.39, 0.29) is 29.2 Å². The summed E-state index contributed by atoms with van der Waals surface area (Å²) in [6, 6.07) is 22.7. The predicted octanol–water partition coefficient (Wildman–Crippen LogP) is 9.72. The molecule has 54 heavy (non-hydrogen) atoms. The first-order valence-corrected chi connectivity index (χ1v) is 21.4. The molecule has 0 spiro atoms. The largest absolute Gasteiger partial charge is 0.527 e. The number of hydrogen-bond donors (Lipinski definition) is 4. The topological polar surface area (TPSA) is 133 Å². The number of fused-ring (bicyclic) bond motifs is 1. The lowest BCUT2D eigenvalue weighted by atomic mass is 10.0. The van der Waals surface area contributed by atoms with Crippen molar-refractivity contribution in [3.8, 4) is 5.75 Å². The van der Waals surface area contributed by atoms with Gasteiger partial charge in [0.25, 0.3) is 5.91 Å². The van der Waals surface area contributed by atoms with Gasteiger partial charge in [-0.05, 0) is 68.4 Å². The number of aromatic amines is 1. The number of phosphoric acid groups is 1. The smallest absolute Gasteiger partial charge is 0.403 e. The van der Waals surface area contributed by atoms with E-state index in [0.29, 0.717) is 24.9 Å². The summed E-state index contributed by atoms with van der Waals surface area (Å²) >= 11 is 5.96. The minimum atomic E-state index is -4.20. The van der Waals surface area contributed by atoms with E-state index >= 15 is 0 Å². The first kappa shape index (κ1) is 44.7. The number of amides is 2. The molecule has 1 unspecified atom stereocenters. The predicted molar refractivity (Wildman–Crippen MR) is 220 cm³/mol. The van der Waals surface area contributed by atoms with E-state index in [4.69, 9.17) is 20.6 Å². The highest BCUT2D eigenvalue weighted by Crippen LogP contribution is 2.45. The lowest BCUT2D eigenvalue weighted by molar-refractivity contribution is -0.122. The van der Waals surface area contributed by atoms with E-state index in [1.54, 1.807) is 42.5 Å². The molecule has 4 aromatic rings. The summed E-state index contributed by atoms with van der Waals surface area (Å²) in [7, 11) is -4.20. The van der Waals surface area contributed by atoms with Crippen LogP contribution in [0.3, 0.4) is 0 Å². The third kappa shape index (κ3) is 16.8. The number of unbranched alkanes of at least 4 members (excludes halogenated alkanes) is 9. The minimum absolute atomic E-state index is 0.125. The lowest BCUT2D eigenvalue weighted by Crippen LogP contribution is -2.48. The molecule has 0 saturated carbocycles. The Labute approximate surface area is 327 Å². The van der Waals surface area contributed by atoms with Crippen LogP contribution in [0.5, 0.6) is 5.75 Å². The number of phosphoric ester groups is 1. The van der Waals surface area contributed by atoms with E-state index in [0.717, 1.165) is 74.3 Å². The molecular weight excluding hydrogens is 723 g/mol. The Morgan fingerprint density at radius 3 is 2.00 bits per heavy atom. The highest BCUT2D eigenvalue weighted by Gasteiger charge is 2.24. The number of nitrogens with one attached hydrogen (secondary N) is 3. The number of carbonyl (C=O) groups is 2. The van der Waals surface area contributed by atoms with E-state index in [1.807, 2.05) is 36.5 Å². The summed E-state index contributed by atoms with van der Waals surface area (Å²) in [6.45, 7) is 10.8. The summed E-state index contributed by atoms with van der Waals surface area (Å²) in [5.74, 6) is -0.325. The number of para-hydroxylation sites is 2. The Morgan fingerprint density at radius 1 is 0.796 bits per heavy atom. The molecule has 0 aliphatic rings. The molecule has 3 aromatic carbocycles. The van der Waals surface area contributed by atoms with Crippen molar-refractivity contribution in [2.45, 2.75) is 97.4 Å². The highest BCUT2D eigenvalue weighted by atomic mass is 35.5. The second-order valence-corrected chi connectivity index (χ2v) is 15.0. The van der Waals surface area contributed by atoms with Gasteiger partial charge in [-0.1, -0.05) is 132 Å². The van der Waals surface area contributed by atoms with Crippen LogP contribution in [0.15, 0.2) is 85.1 Å². The van der Waals surface area contributed by atoms with Crippen molar-refractivity contribution in [1.82, 2.24) is 20.5 Å². The zero-order valence-corrected chi connectivity index (χ0v) is 33.9. The molecular formula is C42H60ClN4O6P. The second-order valence-electron chi connectivity index (χ2n) is 13.2. The van der Waals surface area contributed by atoms with Gasteiger partial charge in [-0.2, -0.15) is 0 Å². The maximum atomic E-state index is 13.2. The maximum absolute atomic E-state index is 13.2. The summed E-state index contributed by atoms with van der Waals surface area (Å²) in [5, 5.41) is 7.28. The minimum Gasteiger partial charge on any atom is -0.403 e. The fourth-order valence-electron chi connectivity index (χ4n) is 6.06. The number of hydrogen-bond acceptors (Lipinski definition) is 6. The van der Waals surface area contributed by atoms with Crippen LogP contribution >= 0.6 is 19.4 Å². The molecule has 1 aromatic heterocycles. The van der Waals surface area contributed by atoms with E-state index in [1.165, 1.54) is 25.7 Å². The number of H-pyrrole nitrogens is 1. The van der Waals surface area contributed by atoms with Crippen molar-refractivity contribution in [1.29, 1.82) is 0 Å². The number of aromatic nitrogens is 1. The fourth-order valence-corrected chi connectivity index (χ4v) is 7.11. The Kier molecular flexibility index (Phi) is 21.1. The highest BCUT2D eigenvalue weighted by molar-refractivity contribution is 7.47. The van der Waals surface area contributed by atoms with Crippen molar-refractivity contribution in [2.24, 2.45) is 0 Å². The van der Waals surface area contributed by atoms with Gasteiger partial charge in [-0.15, -0.1) is 0 Å². The second kappa shape index (κ2) is 25.4. The Balaban J connectivity index is 0.00000102. The average molecular weight is 783 g/mol. The van der Waals surface area contributed by atoms with Crippen LogP contribution in [0.2, 0.25) is 5.02 Å². The Morgan fingerprint density at radius 2 is 1.37 bits per heavy atom. The van der Waals surface area contributed by atoms with Crippen molar-refractivity contribution < 1.29 is 28.1 Å². The quantitative estimate of drug-likeness (QED) is 0.0411. The Bertz CT molecular complexity index is 1690. The molecule has 0 saturated heterocycles. The molecule has 1 heterocycles. The molecule has 4 N–H and O–H groups in total. The van der Waals surface area contributed by atoms with E-state index in [9.17, 15) is 19.0 Å². The maximum Gasteiger partial charge on any atom is 0.527 e. The average Bonchev–Trinajstić information content (AvgIpc) is 3.59. The van der Waals surface area contributed by atoms with Crippen LogP contribution in [-0.2, 0) is 20.3 Å². The molecule has 2 atom stereocenters. The number of benzene rings is 3. The number of rotatable bonds is 24. The summed E-state index contributed by atoms with van der Waals surface area (Å²) in [4.78, 5) is 41.7. The van der Waals surface area contributed by atoms with Gasteiger partial charge in [0.15, 0.2) is 0 Å². The fraction of sp³-hybridized carbons (Fsp3) is 0.476. The third-order valence-corrected chi connectivity index (χ3v) is 10.5. The van der Waals surface area contributed by atoms with Crippen molar-refractivity contribution in [3.05, 3.63) is 101 Å². The van der Waals surface area contributed by atoms with Gasteiger partial charge >= 0.3 is 7.82 Å². The van der Waals surface area contributed by atoms with Gasteiger partial charge < -0.3 is 25.0 Å². The molecule has 0 aliphatic carbocycles. The summed E-state index contributed by atoms with van der Waals surface area (Å²) < 4.78 is 22.2. The van der Waals surface area contributed by atoms with Gasteiger partial charge in [0.2, 0.25) is 5.91 Å². The lowest BCUT2D eigenvalue weighted by Gasteiger charge is -2.18. The SMILES string of the molecule is CCN(CC)CC.O=C(N[C@H](Cc1c[nH]c2ccccc12)C(=O)NCCCCCCCCCCCCOP(=O)(O)Oc1ccccc1Cl)c1ccccc1. The van der Waals surface area contributed by atoms with Crippen molar-refractivity contribution >= 4 is 42.1 Å². The van der Waals surface area contributed by atoms with Crippen molar-refractivity contribution in [2.75, 3.05) is 32.8 Å². The van der Waals surface area contributed by atoms with Gasteiger partial charge in [0.05, 0.1) is 11.6 Å². The molecule has 10 nitrogen and oxygen atoms in total. The summed E-state index contributed by atoms with van der Waals surface area (Å²) in [6.07, 6.45) is 12.5. The monoisotopic (exact) mass is 782 g/mol. The molecule has 0 aliphatic heterocycles. The van der Waals surface area contributed by atoms with Crippen LogP contribution in [-0.4, -0.2) is 65.4 Å². The van der Waals surface area contributed by atoms with Crippen LogP contribution in [0.1, 0.15) is 101 Å². The van der Waals surface area contributed by atoms with Gasteiger partial charge in [0.1, 0.15) is 11.8 Å². The Hall–Kier alpha value is -3.66. The van der Waals surface area contributed by atoms with Crippen molar-refractivity contribution in [3.63, 3.8) is 0 Å². The van der Waals surface area contributed by atoms with Crippen LogP contribution in [0, 0.1) is 0 Å². The number of nitrogens with zero attached hydrogens (tertiary/aromatic N) is 1. The zero-order valence-electron chi connectivity index (χ0n) is 32.2. The molecule has 4 rings (SSSR count). The number of carbonyl (C=O) groups excluding carboxylic acids is 2. The zero-order chi connectivity index (χ0) is 39.0. The van der Waals surface area contributed by atoms with E-state index in [2.05, 4.69) is 41.3 Å². The molecule has 0 fully saturated rings. The first-order chi connectivity index (χ1) is 26.2. The normalized spacial score (nSPS) is 12.8. The molecule has 2 amide bonds. The molecule has 0 radical (unpaired) electrons. The molecule has 12 heteroatoms.